The molecule has 4 N–H and O–H groups in total. The number of aliphatic hydroxyl groups excluding tert-OH is 1. The van der Waals surface area contributed by atoms with E-state index in [4.69, 9.17) is 19.9 Å². The van der Waals surface area contributed by atoms with Crippen LogP contribution in [0.2, 0.25) is 0 Å². The maximum atomic E-state index is 13.7. The molecule has 0 unspecified atom stereocenters. The van der Waals surface area contributed by atoms with E-state index in [1.807, 2.05) is 13.8 Å². The molecule has 1 rings (SSSR count). The molecule has 0 heterocycles. The van der Waals surface area contributed by atoms with E-state index in [2.05, 4.69) is 15.3 Å². The van der Waals surface area contributed by atoms with Gasteiger partial charge >= 0.3 is 0 Å². The number of hydrogen-bond acceptors (Lipinski definition) is 9. The van der Waals surface area contributed by atoms with E-state index in [0.717, 1.165) is 0 Å². The lowest BCUT2D eigenvalue weighted by Crippen LogP contribution is -2.50. The van der Waals surface area contributed by atoms with Crippen molar-refractivity contribution in [2.24, 2.45) is 39.9 Å². The first kappa shape index (κ1) is 37.4. The highest BCUT2D eigenvalue weighted by atomic mass is 16.5. The minimum absolute atomic E-state index is 0.0118. The first-order chi connectivity index (χ1) is 20.1. The summed E-state index contributed by atoms with van der Waals surface area (Å²) in [6.45, 7) is 10.7. The summed E-state index contributed by atoms with van der Waals surface area (Å²) in [5.74, 6) is -3.85. The van der Waals surface area contributed by atoms with Gasteiger partial charge in [0.1, 0.15) is 5.41 Å². The van der Waals surface area contributed by atoms with E-state index in [-0.39, 0.29) is 30.5 Å². The molecule has 43 heavy (non-hydrogen) atoms. The number of carbonyl (C=O) groups excluding carboxylic acids is 4. The van der Waals surface area contributed by atoms with Crippen LogP contribution in [0.3, 0.4) is 0 Å². The van der Waals surface area contributed by atoms with Gasteiger partial charge in [0.25, 0.3) is 0 Å². The molecule has 0 spiro atoms. The summed E-state index contributed by atoms with van der Waals surface area (Å²) < 4.78 is 16.2. The Bertz CT molecular complexity index is 1160. The van der Waals surface area contributed by atoms with Crippen LogP contribution in [-0.2, 0) is 19.1 Å². The Morgan fingerprint density at radius 2 is 1.65 bits per heavy atom. The van der Waals surface area contributed by atoms with Crippen molar-refractivity contribution in [3.05, 3.63) is 34.2 Å². The monoisotopic (exact) mass is 605 g/mol. The molecule has 13 heteroatoms. The summed E-state index contributed by atoms with van der Waals surface area (Å²) in [7, 11) is 3.10. The van der Waals surface area contributed by atoms with Crippen LogP contribution < -0.4 is 20.5 Å². The number of aliphatic hydroxyl groups is 1. The summed E-state index contributed by atoms with van der Waals surface area (Å²) in [5, 5.41) is 17.2. The quantitative estimate of drug-likeness (QED) is 0.0527. The second kappa shape index (κ2) is 17.4. The first-order valence-electron chi connectivity index (χ1n) is 14.3. The molecule has 4 atom stereocenters. The van der Waals surface area contributed by atoms with Gasteiger partial charge in [-0.15, -0.1) is 0 Å². The van der Waals surface area contributed by atoms with Gasteiger partial charge in [0.15, 0.2) is 17.3 Å². The zero-order chi connectivity index (χ0) is 32.9. The van der Waals surface area contributed by atoms with Crippen molar-refractivity contribution in [3.63, 3.8) is 0 Å². The molecule has 0 aliphatic rings. The number of azide groups is 1. The van der Waals surface area contributed by atoms with E-state index in [9.17, 15) is 29.8 Å². The molecule has 0 saturated carbocycles. The number of methoxy groups -OCH3 is 2. The third kappa shape index (κ3) is 10.8. The molecule has 0 aliphatic carbocycles. The molecular formula is C30H47N5O8. The van der Waals surface area contributed by atoms with Crippen LogP contribution in [0.15, 0.2) is 23.3 Å². The fourth-order valence-electron chi connectivity index (χ4n) is 4.40. The van der Waals surface area contributed by atoms with Crippen molar-refractivity contribution < 1.29 is 38.5 Å². The number of amides is 3. The number of hydrogen-bond donors (Lipinski definition) is 3. The Kier molecular flexibility index (Phi) is 15.2. The SMILES string of the molecule is COCCCOc1cc(C(=O)[C@@H](C[C@H](N=[N+]=[N-])[C@@H](O)C[C@H](C(=O)NC(=O)C(C)(C)C(N)=O)C(C)C)C(C)C)ccc1OC. The topological polar surface area (TPSA) is 203 Å². The van der Waals surface area contributed by atoms with Crippen molar-refractivity contribution in [3.8, 4) is 11.5 Å². The Hall–Kier alpha value is -3.67. The number of benzene rings is 1. The molecule has 0 radical (unpaired) electrons. The highest BCUT2D eigenvalue weighted by Crippen LogP contribution is 2.33. The molecule has 0 fully saturated rings. The predicted octanol–water partition coefficient (Wildman–Crippen LogP) is 3.81. The first-order valence-corrected chi connectivity index (χ1v) is 14.3. The lowest BCUT2D eigenvalue weighted by molar-refractivity contribution is -0.143. The summed E-state index contributed by atoms with van der Waals surface area (Å²) in [6.07, 6.45) is -0.807. The second-order valence-corrected chi connectivity index (χ2v) is 11.7. The van der Waals surface area contributed by atoms with Gasteiger partial charge in [0, 0.05) is 42.4 Å². The van der Waals surface area contributed by atoms with Crippen molar-refractivity contribution in [1.82, 2.24) is 5.32 Å². The number of ketones is 1. The number of nitrogens with one attached hydrogen (secondary N) is 1. The van der Waals surface area contributed by atoms with Gasteiger partial charge in [0.2, 0.25) is 17.7 Å². The largest absolute Gasteiger partial charge is 0.493 e. The van der Waals surface area contributed by atoms with Crippen molar-refractivity contribution in [2.45, 2.75) is 73.0 Å². The number of ether oxygens (including phenoxy) is 3. The van der Waals surface area contributed by atoms with E-state index in [1.54, 1.807) is 39.2 Å². The number of rotatable bonds is 19. The van der Waals surface area contributed by atoms with Crippen molar-refractivity contribution in [1.29, 1.82) is 0 Å². The van der Waals surface area contributed by atoms with E-state index in [1.165, 1.54) is 21.0 Å². The molecule has 240 valence electrons. The molecule has 0 bridgehead atoms. The van der Waals surface area contributed by atoms with Gasteiger partial charge in [-0.25, -0.2) is 0 Å². The van der Waals surface area contributed by atoms with Crippen LogP contribution in [-0.4, -0.2) is 68.2 Å². The number of Topliss-reactive ketones (excluding diaryl/α,β-unsaturated/α-hetero) is 1. The Morgan fingerprint density at radius 1 is 1.02 bits per heavy atom. The molecule has 0 saturated heterocycles. The van der Waals surface area contributed by atoms with Crippen LogP contribution in [0.1, 0.15) is 71.2 Å². The highest BCUT2D eigenvalue weighted by Gasteiger charge is 2.38. The number of carbonyl (C=O) groups is 4. The standard InChI is InChI=1S/C30H47N5O8/c1-17(2)20(26(37)19-10-11-24(42-8)25(14-19)43-13-9-12-41-7)15-22(34-35-32)23(36)16-21(18(3)4)27(38)33-29(40)30(5,6)28(31)39/h10-11,14,17-18,20-23,36H,9,12-13,15-16H2,1-8H3,(H2,31,39)(H,33,38,40)/t20-,21-,22-,23-/m0/s1. The molecule has 1 aromatic rings. The van der Waals surface area contributed by atoms with Gasteiger partial charge in [-0.05, 0) is 62.3 Å². The van der Waals surface area contributed by atoms with Crippen LogP contribution >= 0.6 is 0 Å². The van der Waals surface area contributed by atoms with Gasteiger partial charge < -0.3 is 25.1 Å². The lowest BCUT2D eigenvalue weighted by atomic mass is 9.80. The summed E-state index contributed by atoms with van der Waals surface area (Å²) >= 11 is 0. The number of nitrogens with zero attached hydrogens (tertiary/aromatic N) is 3. The normalized spacial score (nSPS) is 14.3. The maximum absolute atomic E-state index is 13.7. The number of imide groups is 1. The van der Waals surface area contributed by atoms with Crippen LogP contribution in [0, 0.1) is 29.1 Å². The van der Waals surface area contributed by atoms with Crippen LogP contribution in [0.5, 0.6) is 11.5 Å². The van der Waals surface area contributed by atoms with Gasteiger partial charge in [-0.1, -0.05) is 32.8 Å². The van der Waals surface area contributed by atoms with Gasteiger partial charge in [-0.3, -0.25) is 24.5 Å². The lowest BCUT2D eigenvalue weighted by Gasteiger charge is -2.29. The van der Waals surface area contributed by atoms with E-state index < -0.39 is 47.1 Å². The fourth-order valence-corrected chi connectivity index (χ4v) is 4.40. The average Bonchev–Trinajstić information content (AvgIpc) is 2.94. The number of primary amides is 1. The minimum atomic E-state index is -1.62. The number of nitrogens with two attached hydrogens (primary N) is 1. The van der Waals surface area contributed by atoms with E-state index in [0.29, 0.717) is 36.7 Å². The molecule has 0 aromatic heterocycles. The predicted molar refractivity (Wildman–Crippen MR) is 160 cm³/mol. The van der Waals surface area contributed by atoms with Crippen molar-refractivity contribution in [2.75, 3.05) is 27.4 Å². The molecule has 0 aliphatic heterocycles. The molecular weight excluding hydrogens is 558 g/mol. The molecule has 13 nitrogen and oxygen atoms in total. The maximum Gasteiger partial charge on any atom is 0.241 e. The second-order valence-electron chi connectivity index (χ2n) is 11.7. The third-order valence-corrected chi connectivity index (χ3v) is 7.54. The van der Waals surface area contributed by atoms with Crippen LogP contribution in [0.4, 0.5) is 0 Å². The fraction of sp³-hybridized carbons (Fsp3) is 0.667. The smallest absolute Gasteiger partial charge is 0.241 e. The third-order valence-electron chi connectivity index (χ3n) is 7.54. The highest BCUT2D eigenvalue weighted by molar-refractivity contribution is 6.09. The Balaban J connectivity index is 3.20. The van der Waals surface area contributed by atoms with E-state index >= 15 is 0 Å². The van der Waals surface area contributed by atoms with Crippen LogP contribution in [0.25, 0.3) is 10.4 Å². The minimum Gasteiger partial charge on any atom is -0.493 e. The molecule has 3 amide bonds. The van der Waals surface area contributed by atoms with Gasteiger partial charge in [0.05, 0.1) is 25.9 Å². The molecule has 1 aromatic carbocycles. The Morgan fingerprint density at radius 3 is 2.16 bits per heavy atom. The Labute approximate surface area is 253 Å². The summed E-state index contributed by atoms with van der Waals surface area (Å²) in [5.41, 5.74) is 13.3. The zero-order valence-corrected chi connectivity index (χ0v) is 26.5. The van der Waals surface area contributed by atoms with Gasteiger partial charge in [-0.2, -0.15) is 0 Å². The summed E-state index contributed by atoms with van der Waals surface area (Å²) in [4.78, 5) is 53.8. The zero-order valence-electron chi connectivity index (χ0n) is 26.5. The average molecular weight is 606 g/mol. The van der Waals surface area contributed by atoms with Crippen molar-refractivity contribution >= 4 is 23.5 Å². The summed E-state index contributed by atoms with van der Waals surface area (Å²) in [6, 6.07) is 3.83.